The van der Waals surface area contributed by atoms with Crippen LogP contribution in [0.15, 0.2) is 24.3 Å². The lowest BCUT2D eigenvalue weighted by Gasteiger charge is -2.19. The van der Waals surface area contributed by atoms with Gasteiger partial charge in [-0.1, -0.05) is 18.2 Å². The number of nitrogens with one attached hydrogen (secondary N) is 2. The van der Waals surface area contributed by atoms with Crippen molar-refractivity contribution in [3.63, 3.8) is 0 Å². The molecule has 0 saturated heterocycles. The van der Waals surface area contributed by atoms with Gasteiger partial charge in [-0.2, -0.15) is 5.26 Å². The summed E-state index contributed by atoms with van der Waals surface area (Å²) in [7, 11) is 0. The number of hydrogen-bond donors (Lipinski definition) is 2. The molecule has 0 aliphatic carbocycles. The predicted octanol–water partition coefficient (Wildman–Crippen LogP) is 2.56. The van der Waals surface area contributed by atoms with Gasteiger partial charge < -0.3 is 15.4 Å². The smallest absolute Gasteiger partial charge is 0.407 e. The van der Waals surface area contributed by atoms with Crippen LogP contribution in [0, 0.1) is 11.3 Å². The molecule has 0 radical (unpaired) electrons. The molecule has 1 aromatic carbocycles. The molecule has 1 amide bonds. The van der Waals surface area contributed by atoms with Crippen molar-refractivity contribution >= 4 is 6.09 Å². The van der Waals surface area contributed by atoms with Crippen LogP contribution in [0.1, 0.15) is 38.3 Å². The summed E-state index contributed by atoms with van der Waals surface area (Å²) in [6.07, 6.45) is 0.408. The molecule has 0 heterocycles. The molecule has 2 N–H and O–H groups in total. The highest BCUT2D eigenvalue weighted by atomic mass is 16.6. The minimum Gasteiger partial charge on any atom is -0.444 e. The standard InChI is InChI=1S/C16H23N3O2/c1-16(2,3)21-15(20)19-10-6-9-18-12-14-8-5-4-7-13(14)11-17/h4-5,7-8,18H,6,9-10,12H2,1-3H3,(H,19,20). The minimum absolute atomic E-state index is 0.391. The topological polar surface area (TPSA) is 74.2 Å². The average molecular weight is 289 g/mol. The Balaban J connectivity index is 2.15. The summed E-state index contributed by atoms with van der Waals surface area (Å²) in [5, 5.41) is 14.9. The number of carbonyl (C=O) groups excluding carboxylic acids is 1. The fraction of sp³-hybridized carbons (Fsp3) is 0.500. The number of benzene rings is 1. The Morgan fingerprint density at radius 2 is 2.00 bits per heavy atom. The number of ether oxygens (including phenoxy) is 1. The summed E-state index contributed by atoms with van der Waals surface area (Å²) in [6, 6.07) is 9.68. The summed E-state index contributed by atoms with van der Waals surface area (Å²) in [5.41, 5.74) is 1.21. The summed E-state index contributed by atoms with van der Waals surface area (Å²) in [6.45, 7) is 7.47. The summed E-state index contributed by atoms with van der Waals surface area (Å²) < 4.78 is 5.14. The van der Waals surface area contributed by atoms with Crippen LogP contribution >= 0.6 is 0 Å². The molecule has 0 aliphatic heterocycles. The van der Waals surface area contributed by atoms with Crippen molar-refractivity contribution in [3.05, 3.63) is 35.4 Å². The molecule has 5 heteroatoms. The lowest BCUT2D eigenvalue weighted by Crippen LogP contribution is -2.33. The summed E-state index contributed by atoms with van der Waals surface area (Å²) in [4.78, 5) is 11.4. The van der Waals surface area contributed by atoms with Crippen LogP contribution < -0.4 is 10.6 Å². The quantitative estimate of drug-likeness (QED) is 0.789. The second kappa shape index (κ2) is 8.28. The SMILES string of the molecule is CC(C)(C)OC(=O)NCCCNCc1ccccc1C#N. The van der Waals surface area contributed by atoms with Gasteiger partial charge in [0.15, 0.2) is 0 Å². The third-order valence-corrected chi connectivity index (χ3v) is 2.65. The first kappa shape index (κ1) is 17.0. The van der Waals surface area contributed by atoms with Gasteiger partial charge in [-0.3, -0.25) is 0 Å². The highest BCUT2D eigenvalue weighted by molar-refractivity contribution is 5.67. The van der Waals surface area contributed by atoms with Crippen molar-refractivity contribution < 1.29 is 9.53 Å². The van der Waals surface area contributed by atoms with Crippen LogP contribution in [-0.2, 0) is 11.3 Å². The van der Waals surface area contributed by atoms with Crippen LogP contribution in [0.2, 0.25) is 0 Å². The Morgan fingerprint density at radius 1 is 1.29 bits per heavy atom. The van der Waals surface area contributed by atoms with E-state index in [1.807, 2.05) is 39.0 Å². The van der Waals surface area contributed by atoms with E-state index in [2.05, 4.69) is 16.7 Å². The van der Waals surface area contributed by atoms with E-state index in [-0.39, 0.29) is 0 Å². The zero-order valence-electron chi connectivity index (χ0n) is 12.9. The van der Waals surface area contributed by atoms with Crippen molar-refractivity contribution in [2.24, 2.45) is 0 Å². The molecule has 1 aromatic rings. The molecule has 0 unspecified atom stereocenters. The molecule has 21 heavy (non-hydrogen) atoms. The minimum atomic E-state index is -0.469. The zero-order valence-corrected chi connectivity index (χ0v) is 12.9. The van der Waals surface area contributed by atoms with Crippen LogP contribution in [0.5, 0.6) is 0 Å². The second-order valence-electron chi connectivity index (χ2n) is 5.73. The molecular formula is C16H23N3O2. The van der Waals surface area contributed by atoms with E-state index in [1.165, 1.54) is 0 Å². The Labute approximate surface area is 126 Å². The Kier molecular flexibility index (Phi) is 6.70. The van der Waals surface area contributed by atoms with Crippen LogP contribution in [0.4, 0.5) is 4.79 Å². The van der Waals surface area contributed by atoms with Crippen molar-refractivity contribution in [2.45, 2.75) is 39.3 Å². The Bertz CT molecular complexity index is 501. The number of hydrogen-bond acceptors (Lipinski definition) is 4. The number of rotatable bonds is 6. The largest absolute Gasteiger partial charge is 0.444 e. The van der Waals surface area contributed by atoms with Gasteiger partial charge >= 0.3 is 6.09 Å². The molecule has 0 saturated carbocycles. The van der Waals surface area contributed by atoms with Gasteiger partial charge in [0.2, 0.25) is 0 Å². The second-order valence-corrected chi connectivity index (χ2v) is 5.73. The van der Waals surface area contributed by atoms with Gasteiger partial charge in [-0.05, 0) is 45.4 Å². The fourth-order valence-electron chi connectivity index (χ4n) is 1.72. The van der Waals surface area contributed by atoms with Gasteiger partial charge in [0.1, 0.15) is 5.60 Å². The van der Waals surface area contributed by atoms with Crippen molar-refractivity contribution in [2.75, 3.05) is 13.1 Å². The normalized spacial score (nSPS) is 10.8. The highest BCUT2D eigenvalue weighted by Crippen LogP contribution is 2.07. The van der Waals surface area contributed by atoms with Crippen LogP contribution in [0.25, 0.3) is 0 Å². The molecule has 0 fully saturated rings. The number of nitriles is 1. The van der Waals surface area contributed by atoms with E-state index in [0.29, 0.717) is 18.7 Å². The van der Waals surface area contributed by atoms with Crippen molar-refractivity contribution in [1.29, 1.82) is 5.26 Å². The molecule has 0 spiro atoms. The van der Waals surface area contributed by atoms with Gasteiger partial charge in [0.05, 0.1) is 11.6 Å². The lowest BCUT2D eigenvalue weighted by molar-refractivity contribution is 0.0527. The maximum Gasteiger partial charge on any atom is 0.407 e. The Hall–Kier alpha value is -2.06. The predicted molar refractivity (Wildman–Crippen MR) is 81.7 cm³/mol. The van der Waals surface area contributed by atoms with Gasteiger partial charge in [-0.25, -0.2) is 4.79 Å². The molecular weight excluding hydrogens is 266 g/mol. The van der Waals surface area contributed by atoms with Crippen LogP contribution in [-0.4, -0.2) is 24.8 Å². The van der Waals surface area contributed by atoms with E-state index in [0.717, 1.165) is 18.5 Å². The van der Waals surface area contributed by atoms with Gasteiger partial charge in [0.25, 0.3) is 0 Å². The maximum atomic E-state index is 11.4. The van der Waals surface area contributed by atoms with E-state index in [1.54, 1.807) is 6.07 Å². The molecule has 0 aliphatic rings. The molecule has 0 bridgehead atoms. The van der Waals surface area contributed by atoms with Gasteiger partial charge in [-0.15, -0.1) is 0 Å². The summed E-state index contributed by atoms with van der Waals surface area (Å²) in [5.74, 6) is 0. The van der Waals surface area contributed by atoms with E-state index < -0.39 is 11.7 Å². The third-order valence-electron chi connectivity index (χ3n) is 2.65. The first-order valence-corrected chi connectivity index (χ1v) is 7.08. The zero-order chi connectivity index (χ0) is 15.7. The first-order chi connectivity index (χ1) is 9.92. The molecule has 0 aromatic heterocycles. The molecule has 1 rings (SSSR count). The third kappa shape index (κ3) is 7.33. The molecule has 5 nitrogen and oxygen atoms in total. The molecule has 114 valence electrons. The summed E-state index contributed by atoms with van der Waals surface area (Å²) >= 11 is 0. The van der Waals surface area contributed by atoms with Crippen molar-refractivity contribution in [1.82, 2.24) is 10.6 Å². The first-order valence-electron chi connectivity index (χ1n) is 7.08. The maximum absolute atomic E-state index is 11.4. The van der Waals surface area contributed by atoms with Gasteiger partial charge in [0, 0.05) is 13.1 Å². The van der Waals surface area contributed by atoms with E-state index >= 15 is 0 Å². The molecule has 0 atom stereocenters. The average Bonchev–Trinajstić information content (AvgIpc) is 2.41. The van der Waals surface area contributed by atoms with E-state index in [9.17, 15) is 4.79 Å². The van der Waals surface area contributed by atoms with E-state index in [4.69, 9.17) is 10.00 Å². The lowest BCUT2D eigenvalue weighted by atomic mass is 10.1. The monoisotopic (exact) mass is 289 g/mol. The van der Waals surface area contributed by atoms with Crippen LogP contribution in [0.3, 0.4) is 0 Å². The number of alkyl carbamates (subject to hydrolysis) is 1. The number of amides is 1. The fourth-order valence-corrected chi connectivity index (χ4v) is 1.72. The number of nitrogens with zero attached hydrogens (tertiary/aromatic N) is 1. The number of carbonyl (C=O) groups is 1. The Morgan fingerprint density at radius 3 is 2.67 bits per heavy atom. The highest BCUT2D eigenvalue weighted by Gasteiger charge is 2.15. The van der Waals surface area contributed by atoms with Crippen molar-refractivity contribution in [3.8, 4) is 6.07 Å².